The minimum atomic E-state index is -0.0412. The van der Waals surface area contributed by atoms with Gasteiger partial charge in [-0.1, -0.05) is 96.5 Å². The van der Waals surface area contributed by atoms with Gasteiger partial charge in [0.25, 0.3) is 0 Å². The van der Waals surface area contributed by atoms with Gasteiger partial charge in [0.15, 0.2) is 5.76 Å². The molecule has 0 saturated carbocycles. The Labute approximate surface area is 159 Å². The number of ether oxygens (including phenoxy) is 1. The first-order chi connectivity index (χ1) is 12.6. The summed E-state index contributed by atoms with van der Waals surface area (Å²) in [5, 5.41) is 0.568. The van der Waals surface area contributed by atoms with E-state index in [9.17, 15) is 0 Å². The molecule has 2 heteroatoms. The molecule has 1 atom stereocenters. The molecule has 0 radical (unpaired) electrons. The first-order valence-corrected chi connectivity index (χ1v) is 9.00. The Kier molecular flexibility index (Phi) is 4.40. The van der Waals surface area contributed by atoms with Gasteiger partial charge in [0.1, 0.15) is 5.75 Å². The predicted molar refractivity (Wildman–Crippen MR) is 108 cm³/mol. The fraction of sp³-hybridized carbons (Fsp3) is 0.0833. The maximum Gasteiger partial charge on any atom is 0.153 e. The number of fused-ring (bicyclic) bond motifs is 1. The van der Waals surface area contributed by atoms with Crippen LogP contribution in [0.3, 0.4) is 0 Å². The highest BCUT2D eigenvalue weighted by atomic mass is 35.5. The van der Waals surface area contributed by atoms with E-state index in [1.54, 1.807) is 0 Å². The zero-order chi connectivity index (χ0) is 18.1. The summed E-state index contributed by atoms with van der Waals surface area (Å²) in [7, 11) is 0. The van der Waals surface area contributed by atoms with Gasteiger partial charge in [0, 0.05) is 17.0 Å². The van der Waals surface area contributed by atoms with E-state index >= 15 is 0 Å². The first kappa shape index (κ1) is 16.7. The lowest BCUT2D eigenvalue weighted by Crippen LogP contribution is -2.04. The topological polar surface area (TPSA) is 9.23 Å². The van der Waals surface area contributed by atoms with Crippen LogP contribution in [-0.4, -0.2) is 0 Å². The van der Waals surface area contributed by atoms with Gasteiger partial charge in [0.05, 0.1) is 5.03 Å². The summed E-state index contributed by atoms with van der Waals surface area (Å²) in [6.07, 6.45) is 0. The van der Waals surface area contributed by atoms with Crippen LogP contribution >= 0.6 is 11.6 Å². The van der Waals surface area contributed by atoms with Crippen molar-refractivity contribution in [2.45, 2.75) is 12.8 Å². The highest BCUT2D eigenvalue weighted by molar-refractivity contribution is 6.35. The van der Waals surface area contributed by atoms with Gasteiger partial charge in [0.2, 0.25) is 0 Å². The molecule has 1 nitrogen and oxygen atoms in total. The molecule has 3 aromatic carbocycles. The second kappa shape index (κ2) is 6.86. The van der Waals surface area contributed by atoms with Crippen molar-refractivity contribution in [3.8, 4) is 5.75 Å². The SMILES string of the molecule is C=C1C(Cl)=C(c2ccccc2)Oc2ccccc2C1c1ccc(C)cc1. The maximum absolute atomic E-state index is 6.79. The zero-order valence-corrected chi connectivity index (χ0v) is 15.3. The van der Waals surface area contributed by atoms with E-state index < -0.39 is 0 Å². The molecule has 0 N–H and O–H groups in total. The Balaban J connectivity index is 1.92. The van der Waals surface area contributed by atoms with Crippen molar-refractivity contribution in [3.05, 3.63) is 118 Å². The lowest BCUT2D eigenvalue weighted by atomic mass is 9.84. The second-order valence-electron chi connectivity index (χ2n) is 6.52. The van der Waals surface area contributed by atoms with Gasteiger partial charge in [-0.2, -0.15) is 0 Å². The quantitative estimate of drug-likeness (QED) is 0.496. The smallest absolute Gasteiger partial charge is 0.153 e. The van der Waals surface area contributed by atoms with Crippen molar-refractivity contribution in [3.63, 3.8) is 0 Å². The number of rotatable bonds is 2. The zero-order valence-electron chi connectivity index (χ0n) is 14.6. The highest BCUT2D eigenvalue weighted by Gasteiger charge is 2.29. The van der Waals surface area contributed by atoms with E-state index in [4.69, 9.17) is 16.3 Å². The Bertz CT molecular complexity index is 984. The second-order valence-corrected chi connectivity index (χ2v) is 6.90. The number of hydrogen-bond donors (Lipinski definition) is 0. The highest BCUT2D eigenvalue weighted by Crippen LogP contribution is 2.46. The van der Waals surface area contributed by atoms with Crippen LogP contribution in [0, 0.1) is 6.92 Å². The molecule has 1 aliphatic heterocycles. The number of aryl methyl sites for hydroxylation is 1. The maximum atomic E-state index is 6.79. The normalized spacial score (nSPS) is 16.7. The number of para-hydroxylation sites is 1. The molecule has 1 unspecified atom stereocenters. The Hall–Kier alpha value is -2.77. The Morgan fingerprint density at radius 2 is 1.50 bits per heavy atom. The van der Waals surface area contributed by atoms with E-state index in [-0.39, 0.29) is 5.92 Å². The molecular weight excluding hydrogens is 340 g/mol. The minimum absolute atomic E-state index is 0.0412. The van der Waals surface area contributed by atoms with Crippen LogP contribution in [0.1, 0.15) is 28.2 Å². The van der Waals surface area contributed by atoms with Crippen molar-refractivity contribution < 1.29 is 4.74 Å². The number of allylic oxidation sites excluding steroid dienone is 2. The molecule has 1 heterocycles. The summed E-state index contributed by atoms with van der Waals surface area (Å²) in [5.41, 5.74) is 5.25. The van der Waals surface area contributed by atoms with E-state index in [1.807, 2.05) is 48.5 Å². The van der Waals surface area contributed by atoms with E-state index in [0.717, 1.165) is 28.0 Å². The molecule has 1 aliphatic rings. The molecule has 128 valence electrons. The summed E-state index contributed by atoms with van der Waals surface area (Å²) in [5.74, 6) is 1.42. The summed E-state index contributed by atoms with van der Waals surface area (Å²) in [6.45, 7) is 6.43. The number of halogens is 1. The van der Waals surface area contributed by atoms with Crippen molar-refractivity contribution in [1.82, 2.24) is 0 Å². The lowest BCUT2D eigenvalue weighted by Gasteiger charge is -2.19. The van der Waals surface area contributed by atoms with Crippen LogP contribution in [0.5, 0.6) is 5.75 Å². The first-order valence-electron chi connectivity index (χ1n) is 8.63. The number of benzene rings is 3. The van der Waals surface area contributed by atoms with Crippen molar-refractivity contribution in [2.75, 3.05) is 0 Å². The molecule has 0 aliphatic carbocycles. The Morgan fingerprint density at radius 3 is 2.23 bits per heavy atom. The molecule has 0 fully saturated rings. The van der Waals surface area contributed by atoms with Crippen LogP contribution in [0.2, 0.25) is 0 Å². The van der Waals surface area contributed by atoms with E-state index in [0.29, 0.717) is 10.8 Å². The van der Waals surface area contributed by atoms with E-state index in [2.05, 4.69) is 43.8 Å². The fourth-order valence-corrected chi connectivity index (χ4v) is 3.60. The van der Waals surface area contributed by atoms with Gasteiger partial charge in [-0.05, 0) is 24.1 Å². The van der Waals surface area contributed by atoms with Crippen LogP contribution in [-0.2, 0) is 0 Å². The van der Waals surface area contributed by atoms with Crippen LogP contribution < -0.4 is 4.74 Å². The number of hydrogen-bond acceptors (Lipinski definition) is 1. The van der Waals surface area contributed by atoms with Gasteiger partial charge < -0.3 is 4.74 Å². The molecule has 0 amide bonds. The van der Waals surface area contributed by atoms with Crippen molar-refractivity contribution >= 4 is 17.4 Å². The third kappa shape index (κ3) is 2.95. The summed E-state index contributed by atoms with van der Waals surface area (Å²) < 4.78 is 6.29. The summed E-state index contributed by atoms with van der Waals surface area (Å²) in [4.78, 5) is 0. The van der Waals surface area contributed by atoms with Gasteiger partial charge in [-0.25, -0.2) is 0 Å². The van der Waals surface area contributed by atoms with Crippen LogP contribution in [0.4, 0.5) is 0 Å². The standard InChI is InChI=1S/C24H19ClO/c1-16-12-14-18(15-13-16)22-17(2)23(25)24(19-8-4-3-5-9-19)26-21-11-7-6-10-20(21)22/h3-15,22H,2H2,1H3. The molecule has 4 rings (SSSR count). The van der Waals surface area contributed by atoms with Crippen LogP contribution in [0.25, 0.3) is 5.76 Å². The predicted octanol–water partition coefficient (Wildman–Crippen LogP) is 6.68. The van der Waals surface area contributed by atoms with Crippen molar-refractivity contribution in [2.24, 2.45) is 0 Å². The molecule has 0 spiro atoms. The molecular formula is C24H19ClO. The Morgan fingerprint density at radius 1 is 0.846 bits per heavy atom. The molecule has 3 aromatic rings. The van der Waals surface area contributed by atoms with Gasteiger partial charge >= 0.3 is 0 Å². The van der Waals surface area contributed by atoms with E-state index in [1.165, 1.54) is 5.56 Å². The lowest BCUT2D eigenvalue weighted by molar-refractivity contribution is 0.510. The van der Waals surface area contributed by atoms with Gasteiger partial charge in [-0.3, -0.25) is 0 Å². The van der Waals surface area contributed by atoms with Gasteiger partial charge in [-0.15, -0.1) is 0 Å². The third-order valence-corrected chi connectivity index (χ3v) is 5.13. The summed E-state index contributed by atoms with van der Waals surface area (Å²) in [6, 6.07) is 26.5. The minimum Gasteiger partial charge on any atom is -0.455 e. The molecule has 0 bridgehead atoms. The van der Waals surface area contributed by atoms with Crippen molar-refractivity contribution in [1.29, 1.82) is 0 Å². The average Bonchev–Trinajstić information content (AvgIpc) is 2.79. The molecule has 26 heavy (non-hydrogen) atoms. The third-order valence-electron chi connectivity index (χ3n) is 4.72. The largest absolute Gasteiger partial charge is 0.455 e. The fourth-order valence-electron chi connectivity index (χ4n) is 3.34. The monoisotopic (exact) mass is 358 g/mol. The summed E-state index contributed by atoms with van der Waals surface area (Å²) >= 11 is 6.79. The van der Waals surface area contributed by atoms with Crippen LogP contribution in [0.15, 0.2) is 96.0 Å². The average molecular weight is 359 g/mol. The molecule has 0 saturated heterocycles. The molecule has 0 aromatic heterocycles.